The number of nitrogens with one attached hydrogen (secondary N) is 1. The van der Waals surface area contributed by atoms with E-state index in [2.05, 4.69) is 29.4 Å². The molecule has 0 spiro atoms. The highest BCUT2D eigenvalue weighted by Crippen LogP contribution is 2.48. The van der Waals surface area contributed by atoms with Crippen LogP contribution in [0.15, 0.2) is 42.5 Å². The molecule has 56 heavy (non-hydrogen) atoms. The lowest BCUT2D eigenvalue weighted by Gasteiger charge is -2.36. The first-order valence-electron chi connectivity index (χ1n) is 18.4. The Morgan fingerprint density at radius 3 is 1.88 bits per heavy atom. The van der Waals surface area contributed by atoms with E-state index in [1.165, 1.54) is 0 Å². The van der Waals surface area contributed by atoms with Gasteiger partial charge in [0.05, 0.1) is 69.7 Å². The molecule has 1 atom stereocenters. The molecule has 0 unspecified atom stereocenters. The lowest BCUT2D eigenvalue weighted by atomic mass is 9.85. The van der Waals surface area contributed by atoms with Gasteiger partial charge in [-0.25, -0.2) is 0 Å². The zero-order chi connectivity index (χ0) is 40.1. The van der Waals surface area contributed by atoms with Crippen LogP contribution in [-0.2, 0) is 30.5 Å². The summed E-state index contributed by atoms with van der Waals surface area (Å²) in [5.41, 5.74) is 8.78. The van der Waals surface area contributed by atoms with E-state index in [0.29, 0.717) is 88.0 Å². The van der Waals surface area contributed by atoms with Crippen molar-refractivity contribution < 1.29 is 47.4 Å². The number of aldehydes is 1. The lowest BCUT2D eigenvalue weighted by molar-refractivity contribution is -0.103. The fourth-order valence-corrected chi connectivity index (χ4v) is 8.13. The summed E-state index contributed by atoms with van der Waals surface area (Å²) >= 11 is 0. The van der Waals surface area contributed by atoms with Crippen molar-refractivity contribution in [1.82, 2.24) is 10.2 Å². The smallest absolute Gasteiger partial charge is 0.203 e. The van der Waals surface area contributed by atoms with Gasteiger partial charge in [0.25, 0.3) is 0 Å². The van der Waals surface area contributed by atoms with Crippen molar-refractivity contribution in [2.24, 2.45) is 0 Å². The second-order valence-electron chi connectivity index (χ2n) is 13.6. The standard InChI is InChI=1S/C44H52N2O10/c1-46-16-14-30-32(23-39(52-6)44(56-10)43(30)55-9)34(46)18-28-21-37(50-4)36(49-3)20-27(28)17-26-11-12-29(42(54-8)41(26)53-7)33(24-47)40-31-22-38(51-5)35(48-2)19-25(31)13-15-45-40/h11-12,19-24,34,45H,13-18H2,1-10H3/t34-/m0/s1. The van der Waals surface area contributed by atoms with Crippen LogP contribution in [-0.4, -0.2) is 95.3 Å². The van der Waals surface area contributed by atoms with Crippen molar-refractivity contribution in [3.05, 3.63) is 87.0 Å². The van der Waals surface area contributed by atoms with Crippen LogP contribution in [0, 0.1) is 0 Å². The molecule has 6 rings (SSSR count). The number of hydrogen-bond donors (Lipinski definition) is 1. The molecule has 0 aliphatic carbocycles. The molecule has 12 nitrogen and oxygen atoms in total. The number of rotatable bonds is 15. The summed E-state index contributed by atoms with van der Waals surface area (Å²) in [7, 11) is 16.7. The first-order chi connectivity index (χ1) is 27.2. The van der Waals surface area contributed by atoms with Crippen LogP contribution in [0.5, 0.6) is 51.7 Å². The second kappa shape index (κ2) is 17.4. The Hall–Kier alpha value is -5.75. The summed E-state index contributed by atoms with van der Waals surface area (Å²) in [5, 5.41) is 3.46. The van der Waals surface area contributed by atoms with Crippen LogP contribution in [0.3, 0.4) is 0 Å². The van der Waals surface area contributed by atoms with Gasteiger partial charge in [0.2, 0.25) is 5.75 Å². The zero-order valence-electron chi connectivity index (χ0n) is 34.0. The number of hydrogen-bond acceptors (Lipinski definition) is 12. The molecule has 0 aromatic heterocycles. The Balaban J connectivity index is 1.46. The third-order valence-corrected chi connectivity index (χ3v) is 10.9. The molecule has 4 aromatic rings. The number of allylic oxidation sites excluding steroid dienone is 1. The van der Waals surface area contributed by atoms with E-state index in [1.807, 2.05) is 30.3 Å². The summed E-state index contributed by atoms with van der Waals surface area (Å²) < 4.78 is 52.4. The second-order valence-corrected chi connectivity index (χ2v) is 13.6. The Bertz CT molecular complexity index is 2130. The maximum absolute atomic E-state index is 13.0. The van der Waals surface area contributed by atoms with Gasteiger partial charge in [-0.15, -0.1) is 0 Å². The fourth-order valence-electron chi connectivity index (χ4n) is 8.13. The van der Waals surface area contributed by atoms with E-state index >= 15 is 0 Å². The van der Waals surface area contributed by atoms with Crippen LogP contribution in [0.1, 0.15) is 50.5 Å². The highest BCUT2D eigenvalue weighted by Gasteiger charge is 2.32. The van der Waals surface area contributed by atoms with Crippen LogP contribution in [0.2, 0.25) is 0 Å². The van der Waals surface area contributed by atoms with Crippen LogP contribution >= 0.6 is 0 Å². The minimum absolute atomic E-state index is 0.0191. The van der Waals surface area contributed by atoms with Crippen LogP contribution in [0.25, 0.3) is 11.3 Å². The highest BCUT2D eigenvalue weighted by atomic mass is 16.5. The van der Waals surface area contributed by atoms with Crippen molar-refractivity contribution >= 4 is 17.6 Å². The molecule has 0 saturated heterocycles. The van der Waals surface area contributed by atoms with E-state index in [0.717, 1.165) is 64.6 Å². The minimum atomic E-state index is -0.0191. The van der Waals surface area contributed by atoms with E-state index in [4.69, 9.17) is 42.6 Å². The summed E-state index contributed by atoms with van der Waals surface area (Å²) in [5.74, 6) is 5.32. The van der Waals surface area contributed by atoms with Gasteiger partial charge >= 0.3 is 0 Å². The van der Waals surface area contributed by atoms with Gasteiger partial charge in [-0.3, -0.25) is 9.69 Å². The van der Waals surface area contributed by atoms with Gasteiger partial charge < -0.3 is 47.9 Å². The Morgan fingerprint density at radius 1 is 0.661 bits per heavy atom. The number of fused-ring (bicyclic) bond motifs is 2. The predicted molar refractivity (Wildman–Crippen MR) is 215 cm³/mol. The number of carbonyl (C=O) groups is 1. The molecule has 0 fully saturated rings. The van der Waals surface area contributed by atoms with Crippen LogP contribution < -0.4 is 47.9 Å². The number of nitrogens with zero attached hydrogens (tertiary/aromatic N) is 1. The molecule has 1 N–H and O–H groups in total. The van der Waals surface area contributed by atoms with Crippen LogP contribution in [0.4, 0.5) is 0 Å². The zero-order valence-corrected chi connectivity index (χ0v) is 34.0. The molecule has 0 saturated carbocycles. The third kappa shape index (κ3) is 7.21. The average molecular weight is 769 g/mol. The van der Waals surface area contributed by atoms with E-state index in [9.17, 15) is 4.79 Å². The SMILES string of the molecule is COc1cc(Cc2ccc(C(C=O)=C3NCCc4cc(OC)c(OC)cc43)c(OC)c2OC)c(C[C@H]2c3cc(OC)c(OC)c(OC)c3CCN2C)cc1OC. The minimum Gasteiger partial charge on any atom is -0.493 e. The Labute approximate surface area is 329 Å². The number of methoxy groups -OCH3 is 9. The van der Waals surface area contributed by atoms with Crippen molar-refractivity contribution in [3.8, 4) is 51.7 Å². The molecule has 0 radical (unpaired) electrons. The first-order valence-corrected chi connectivity index (χ1v) is 18.4. The summed E-state index contributed by atoms with van der Waals surface area (Å²) in [6, 6.07) is 13.9. The van der Waals surface area contributed by atoms with Gasteiger partial charge in [-0.2, -0.15) is 0 Å². The molecule has 4 aromatic carbocycles. The van der Waals surface area contributed by atoms with Gasteiger partial charge in [-0.1, -0.05) is 6.07 Å². The average Bonchev–Trinajstić information content (AvgIpc) is 3.23. The van der Waals surface area contributed by atoms with E-state index < -0.39 is 0 Å². The van der Waals surface area contributed by atoms with E-state index in [1.54, 1.807) is 64.0 Å². The summed E-state index contributed by atoms with van der Waals surface area (Å²) in [6.07, 6.45) is 3.54. The van der Waals surface area contributed by atoms with Gasteiger partial charge in [0.15, 0.2) is 52.3 Å². The number of ether oxygens (including phenoxy) is 9. The van der Waals surface area contributed by atoms with Crippen molar-refractivity contribution in [2.45, 2.75) is 31.7 Å². The van der Waals surface area contributed by atoms with Gasteiger partial charge in [-0.05, 0) is 85.0 Å². The fraction of sp³-hybridized carbons (Fsp3) is 0.386. The number of benzene rings is 4. The Kier molecular flexibility index (Phi) is 12.4. The molecule has 2 heterocycles. The highest BCUT2D eigenvalue weighted by molar-refractivity contribution is 6.18. The molecular weight excluding hydrogens is 716 g/mol. The number of carbonyl (C=O) groups excluding carboxylic acids is 1. The van der Waals surface area contributed by atoms with Crippen molar-refractivity contribution in [1.29, 1.82) is 0 Å². The molecule has 2 aliphatic rings. The molecule has 0 amide bonds. The Morgan fingerprint density at radius 2 is 1.27 bits per heavy atom. The quantitative estimate of drug-likeness (QED) is 0.108. The topological polar surface area (TPSA) is 115 Å². The normalized spacial score (nSPS) is 15.7. The monoisotopic (exact) mass is 768 g/mol. The summed E-state index contributed by atoms with van der Waals surface area (Å²) in [4.78, 5) is 15.4. The lowest BCUT2D eigenvalue weighted by Crippen LogP contribution is -2.34. The van der Waals surface area contributed by atoms with Crippen molar-refractivity contribution in [2.75, 3.05) is 84.1 Å². The maximum atomic E-state index is 13.0. The van der Waals surface area contributed by atoms with Gasteiger partial charge in [0.1, 0.15) is 0 Å². The molecular formula is C44H52N2O10. The largest absolute Gasteiger partial charge is 0.493 e. The number of likely N-dealkylation sites (N-methyl/N-ethyl adjacent to an activating group) is 1. The van der Waals surface area contributed by atoms with Gasteiger partial charge in [0, 0.05) is 53.4 Å². The summed E-state index contributed by atoms with van der Waals surface area (Å²) in [6.45, 7) is 1.47. The molecule has 2 aliphatic heterocycles. The molecule has 0 bridgehead atoms. The molecule has 298 valence electrons. The molecule has 12 heteroatoms. The first kappa shape index (κ1) is 39.9. The van der Waals surface area contributed by atoms with E-state index in [-0.39, 0.29) is 6.04 Å². The van der Waals surface area contributed by atoms with Crippen molar-refractivity contribution in [3.63, 3.8) is 0 Å². The maximum Gasteiger partial charge on any atom is 0.203 e. The predicted octanol–water partition coefficient (Wildman–Crippen LogP) is 6.34. The third-order valence-electron chi connectivity index (χ3n) is 10.9.